The van der Waals surface area contributed by atoms with Crippen molar-refractivity contribution in [3.63, 3.8) is 0 Å². The van der Waals surface area contributed by atoms with E-state index >= 15 is 0 Å². The maximum Gasteiger partial charge on any atom is 0.262 e. The molecule has 102 valence electrons. The molecule has 1 saturated carbocycles. The lowest BCUT2D eigenvalue weighted by Gasteiger charge is -2.20. The largest absolute Gasteiger partial charge is 0.326 e. The van der Waals surface area contributed by atoms with E-state index in [2.05, 4.69) is 10.2 Å². The van der Waals surface area contributed by atoms with Gasteiger partial charge in [0.2, 0.25) is 0 Å². The number of nitrogens with one attached hydrogen (secondary N) is 1. The van der Waals surface area contributed by atoms with Gasteiger partial charge in [0, 0.05) is 30.4 Å². The summed E-state index contributed by atoms with van der Waals surface area (Å²) < 4.78 is 26.7. The van der Waals surface area contributed by atoms with Crippen molar-refractivity contribution in [2.45, 2.75) is 50.7 Å². The fourth-order valence-corrected chi connectivity index (χ4v) is 4.03. The molecule has 3 N–H and O–H groups in total. The molecule has 0 radical (unpaired) electrons. The number of hydrogen-bond acceptors (Lipinski definition) is 4. The highest BCUT2D eigenvalue weighted by Crippen LogP contribution is 2.32. The van der Waals surface area contributed by atoms with Gasteiger partial charge >= 0.3 is 0 Å². The van der Waals surface area contributed by atoms with Crippen LogP contribution in [0.1, 0.15) is 37.4 Å². The Hall–Kier alpha value is -0.920. The van der Waals surface area contributed by atoms with E-state index < -0.39 is 10.0 Å². The molecule has 2 rings (SSSR count). The Morgan fingerprint density at radius 2 is 2.17 bits per heavy atom. The van der Waals surface area contributed by atoms with Crippen LogP contribution >= 0.6 is 0 Å². The molecule has 7 heteroatoms. The van der Waals surface area contributed by atoms with Crippen molar-refractivity contribution in [2.24, 2.45) is 5.73 Å². The van der Waals surface area contributed by atoms with E-state index in [9.17, 15) is 8.42 Å². The number of aromatic amines is 1. The number of hydrogen-bond donors (Lipinski definition) is 2. The van der Waals surface area contributed by atoms with Gasteiger partial charge in [-0.05, 0) is 26.2 Å². The lowest BCUT2D eigenvalue weighted by Crippen LogP contribution is -2.34. The molecule has 1 aromatic heterocycles. The molecule has 0 amide bonds. The maximum absolute atomic E-state index is 12.6. The number of sulfonamides is 1. The van der Waals surface area contributed by atoms with Gasteiger partial charge in [-0.25, -0.2) is 8.42 Å². The summed E-state index contributed by atoms with van der Waals surface area (Å²) >= 11 is 0. The van der Waals surface area contributed by atoms with Gasteiger partial charge in [-0.3, -0.25) is 5.10 Å². The van der Waals surface area contributed by atoms with Crippen molar-refractivity contribution in [3.8, 4) is 0 Å². The summed E-state index contributed by atoms with van der Waals surface area (Å²) in [5.74, 6) is 0. The minimum absolute atomic E-state index is 0.0999. The number of aryl methyl sites for hydroxylation is 1. The maximum atomic E-state index is 12.6. The summed E-state index contributed by atoms with van der Waals surface area (Å²) in [6.07, 6.45) is 2.69. The van der Waals surface area contributed by atoms with Gasteiger partial charge in [0.25, 0.3) is 10.0 Å². The highest BCUT2D eigenvalue weighted by Gasteiger charge is 2.39. The highest BCUT2D eigenvalue weighted by atomic mass is 32.2. The van der Waals surface area contributed by atoms with Crippen LogP contribution < -0.4 is 5.73 Å². The molecule has 0 aromatic carbocycles. The second-order valence-electron chi connectivity index (χ2n) is 4.68. The molecule has 0 spiro atoms. The molecule has 1 aliphatic carbocycles. The summed E-state index contributed by atoms with van der Waals surface area (Å²) in [5, 5.41) is 6.75. The topological polar surface area (TPSA) is 92.1 Å². The van der Waals surface area contributed by atoms with Crippen LogP contribution in [-0.2, 0) is 16.6 Å². The molecule has 0 aliphatic heterocycles. The fourth-order valence-electron chi connectivity index (χ4n) is 2.08. The van der Waals surface area contributed by atoms with Crippen molar-refractivity contribution in [3.05, 3.63) is 11.3 Å². The molecule has 6 nitrogen and oxygen atoms in total. The van der Waals surface area contributed by atoms with E-state index in [-0.39, 0.29) is 17.6 Å². The molecule has 1 aromatic rings. The van der Waals surface area contributed by atoms with Crippen molar-refractivity contribution in [2.75, 3.05) is 6.54 Å². The second kappa shape index (κ2) is 4.99. The number of H-pyrrole nitrogens is 1. The molecule has 18 heavy (non-hydrogen) atoms. The molecular formula is C11H20N4O2S. The zero-order valence-corrected chi connectivity index (χ0v) is 11.6. The van der Waals surface area contributed by atoms with Crippen molar-refractivity contribution >= 4 is 10.0 Å². The normalized spacial score (nSPS) is 16.4. The van der Waals surface area contributed by atoms with Gasteiger partial charge in [0.15, 0.2) is 5.03 Å². The average molecular weight is 272 g/mol. The summed E-state index contributed by atoms with van der Waals surface area (Å²) in [4.78, 5) is 0. The van der Waals surface area contributed by atoms with Gasteiger partial charge in [-0.15, -0.1) is 0 Å². The smallest absolute Gasteiger partial charge is 0.262 e. The van der Waals surface area contributed by atoms with Crippen molar-refractivity contribution < 1.29 is 8.42 Å². The lowest BCUT2D eigenvalue weighted by atomic mass is 10.3. The van der Waals surface area contributed by atoms with E-state index in [1.165, 1.54) is 0 Å². The minimum Gasteiger partial charge on any atom is -0.326 e. The zero-order chi connectivity index (χ0) is 13.3. The molecule has 0 atom stereocenters. The van der Waals surface area contributed by atoms with E-state index in [0.29, 0.717) is 12.1 Å². The van der Waals surface area contributed by atoms with Crippen molar-refractivity contribution in [1.82, 2.24) is 14.5 Å². The Morgan fingerprint density at radius 3 is 2.67 bits per heavy atom. The zero-order valence-electron chi connectivity index (χ0n) is 10.8. The van der Waals surface area contributed by atoms with Crippen LogP contribution in [0.5, 0.6) is 0 Å². The molecule has 0 bridgehead atoms. The summed E-state index contributed by atoms with van der Waals surface area (Å²) in [6.45, 7) is 4.49. The molecule has 1 fully saturated rings. The predicted molar refractivity (Wildman–Crippen MR) is 68.4 cm³/mol. The first-order valence-corrected chi connectivity index (χ1v) is 7.72. The molecule has 0 saturated heterocycles. The van der Waals surface area contributed by atoms with Crippen LogP contribution in [0.2, 0.25) is 0 Å². The van der Waals surface area contributed by atoms with E-state index in [0.717, 1.165) is 25.0 Å². The third-order valence-corrected chi connectivity index (χ3v) is 5.12. The monoisotopic (exact) mass is 272 g/mol. The van der Waals surface area contributed by atoms with Crippen LogP contribution in [0.3, 0.4) is 0 Å². The lowest BCUT2D eigenvalue weighted by molar-refractivity contribution is 0.401. The van der Waals surface area contributed by atoms with Gasteiger partial charge in [-0.1, -0.05) is 6.92 Å². The predicted octanol–water partition coefficient (Wildman–Crippen LogP) is 0.740. The summed E-state index contributed by atoms with van der Waals surface area (Å²) in [6, 6.07) is 0.151. The molecule has 0 unspecified atom stereocenters. The van der Waals surface area contributed by atoms with Gasteiger partial charge in [0.1, 0.15) is 0 Å². The molecule has 1 heterocycles. The summed E-state index contributed by atoms with van der Waals surface area (Å²) in [5.41, 5.74) is 6.93. The third-order valence-electron chi connectivity index (χ3n) is 3.19. The Bertz CT molecular complexity index is 519. The average Bonchev–Trinajstić information content (AvgIpc) is 3.08. The minimum atomic E-state index is -3.51. The van der Waals surface area contributed by atoms with E-state index in [4.69, 9.17) is 5.73 Å². The van der Waals surface area contributed by atoms with Crippen LogP contribution in [0.25, 0.3) is 0 Å². The first-order chi connectivity index (χ1) is 8.52. The number of rotatable bonds is 6. The van der Waals surface area contributed by atoms with Crippen LogP contribution in [-0.4, -0.2) is 35.5 Å². The summed E-state index contributed by atoms with van der Waals surface area (Å²) in [7, 11) is -3.51. The van der Waals surface area contributed by atoms with E-state index in [1.54, 1.807) is 11.2 Å². The number of aromatic nitrogens is 2. The van der Waals surface area contributed by atoms with Gasteiger partial charge in [-0.2, -0.15) is 9.40 Å². The first-order valence-electron chi connectivity index (χ1n) is 6.28. The number of nitrogens with two attached hydrogens (primary N) is 1. The standard InChI is InChI=1S/C11H20N4O2S/c1-3-6-15(9-4-5-9)18(16,17)11-10(7-12)8(2)13-14-11/h9H,3-7,12H2,1-2H3,(H,13,14). The Balaban J connectivity index is 2.39. The number of nitrogens with zero attached hydrogens (tertiary/aromatic N) is 2. The Morgan fingerprint density at radius 1 is 1.50 bits per heavy atom. The highest BCUT2D eigenvalue weighted by molar-refractivity contribution is 7.89. The Labute approximate surface area is 108 Å². The first kappa shape index (κ1) is 13.5. The fraction of sp³-hybridized carbons (Fsp3) is 0.727. The van der Waals surface area contributed by atoms with Crippen LogP contribution in [0.15, 0.2) is 5.03 Å². The van der Waals surface area contributed by atoms with Gasteiger partial charge in [0.05, 0.1) is 0 Å². The molecule has 1 aliphatic rings. The van der Waals surface area contributed by atoms with E-state index in [1.807, 2.05) is 6.92 Å². The Kier molecular flexibility index (Phi) is 3.74. The second-order valence-corrected chi connectivity index (χ2v) is 6.49. The molecular weight excluding hydrogens is 252 g/mol. The SMILES string of the molecule is CCCN(C1CC1)S(=O)(=O)c1n[nH]c(C)c1CN. The van der Waals surface area contributed by atoms with Crippen LogP contribution in [0.4, 0.5) is 0 Å². The van der Waals surface area contributed by atoms with Gasteiger partial charge < -0.3 is 5.73 Å². The third kappa shape index (κ3) is 2.30. The van der Waals surface area contributed by atoms with Crippen LogP contribution in [0, 0.1) is 6.92 Å². The quantitative estimate of drug-likeness (QED) is 0.799. The van der Waals surface area contributed by atoms with Crippen molar-refractivity contribution in [1.29, 1.82) is 0 Å².